The van der Waals surface area contributed by atoms with Crippen LogP contribution in [0.2, 0.25) is 0 Å². The topological polar surface area (TPSA) is 12.0 Å². The van der Waals surface area contributed by atoms with E-state index in [9.17, 15) is 0 Å². The summed E-state index contributed by atoms with van der Waals surface area (Å²) in [5.74, 6) is 0. The fourth-order valence-electron chi connectivity index (χ4n) is 0.0962. The molecule has 0 radical (unpaired) electrons. The van der Waals surface area contributed by atoms with Crippen molar-refractivity contribution in [1.82, 2.24) is 5.32 Å². The van der Waals surface area contributed by atoms with Crippen molar-refractivity contribution in [1.29, 1.82) is 0 Å². The van der Waals surface area contributed by atoms with Crippen LogP contribution in [-0.4, -0.2) is 15.5 Å². The number of rotatable bonds is 3. The molecule has 0 fully saturated rings. The summed E-state index contributed by atoms with van der Waals surface area (Å²) in [6, 6.07) is 0. The fourth-order valence-corrected chi connectivity index (χ4v) is 0.788. The van der Waals surface area contributed by atoms with Crippen molar-refractivity contribution in [2.24, 2.45) is 0 Å². The Morgan fingerprint density at radius 1 is 1.50 bits per heavy atom. The van der Waals surface area contributed by atoms with Crippen molar-refractivity contribution in [2.45, 2.75) is 0 Å². The normalized spacial score (nSPS) is 7.33. The third kappa shape index (κ3) is 5.08. The minimum absolute atomic E-state index is 1.04. The average molecular weight is 423 g/mol. The second-order valence-corrected chi connectivity index (χ2v) is 2.74. The Bertz CT molecular complexity index is 44.8. The first kappa shape index (κ1) is 7.08. The molecule has 0 bridgehead atoms. The second-order valence-electron chi connectivity index (χ2n) is 0.693. The maximum atomic E-state index is 3.08. The maximum absolute atomic E-state index is 3.08. The Labute approximate surface area is 59.3 Å². The van der Waals surface area contributed by atoms with Crippen LogP contribution in [0.25, 0.3) is 0 Å². The summed E-state index contributed by atoms with van der Waals surface area (Å²) in [6.07, 6.45) is 0. The first-order chi connectivity index (χ1) is 2.91. The third-order valence-electron chi connectivity index (χ3n) is 0.285. The van der Waals surface area contributed by atoms with Crippen LogP contribution in [0.3, 0.4) is 0 Å². The van der Waals surface area contributed by atoms with E-state index < -0.39 is 0 Å². The van der Waals surface area contributed by atoms with Gasteiger partial charge < -0.3 is 0 Å². The van der Waals surface area contributed by atoms with E-state index in [0.29, 0.717) is 0 Å². The van der Waals surface area contributed by atoms with E-state index >= 15 is 0 Å². The van der Waals surface area contributed by atoms with Gasteiger partial charge in [0.2, 0.25) is 0 Å². The molecule has 0 aliphatic rings. The molecular weight excluding hydrogens is 418 g/mol. The zero-order valence-electron chi connectivity index (χ0n) is 3.18. The van der Waals surface area contributed by atoms with Crippen LogP contribution in [0.4, 0.5) is 0 Å². The van der Waals surface area contributed by atoms with E-state index in [2.05, 4.69) is 9.72 Å². The van der Waals surface area contributed by atoms with Gasteiger partial charge in [-0.1, -0.05) is 0 Å². The molecule has 0 aromatic carbocycles. The van der Waals surface area contributed by atoms with Crippen LogP contribution >= 0.6 is 0 Å². The van der Waals surface area contributed by atoms with Crippen molar-refractivity contribution < 1.29 is 38.7 Å². The molecule has 0 amide bonds. The summed E-state index contributed by atoms with van der Waals surface area (Å²) >= 11 is 3.02. The van der Waals surface area contributed by atoms with Gasteiger partial charge in [0.1, 0.15) is 0 Å². The van der Waals surface area contributed by atoms with E-state index in [1.165, 1.54) is 38.7 Å². The number of hydrogen-bond donors (Lipinski definition) is 1. The van der Waals surface area contributed by atoms with Crippen molar-refractivity contribution in [3.8, 4) is 0 Å². The van der Waals surface area contributed by atoms with Gasteiger partial charge in [-0.2, -0.15) is 0 Å². The molecule has 1 N–H and O–H groups in total. The predicted octanol–water partition coefficient (Wildman–Crippen LogP) is -0.768. The Morgan fingerprint density at radius 2 is 2.17 bits per heavy atom. The SMILES string of the molecule is [W]=[CH]CN[CH]=[W]. The molecule has 0 spiro atoms. The molecule has 0 unspecified atom stereocenters. The number of nitrogens with one attached hydrogen (secondary N) is 1. The second kappa shape index (κ2) is 6.08. The van der Waals surface area contributed by atoms with Crippen molar-refractivity contribution >= 4 is 8.93 Å². The third-order valence-corrected chi connectivity index (χ3v) is 1.48. The van der Waals surface area contributed by atoms with E-state index in [4.69, 9.17) is 0 Å². The minimum atomic E-state index is 1.04. The molecule has 0 saturated heterocycles. The van der Waals surface area contributed by atoms with Crippen LogP contribution in [0.15, 0.2) is 0 Å². The summed E-state index contributed by atoms with van der Waals surface area (Å²) < 4.78 is 4.19. The van der Waals surface area contributed by atoms with Crippen LogP contribution in [0, 0.1) is 0 Å². The van der Waals surface area contributed by atoms with E-state index in [1.54, 1.807) is 0 Å². The van der Waals surface area contributed by atoms with E-state index in [1.807, 2.05) is 4.52 Å². The summed E-state index contributed by atoms with van der Waals surface area (Å²) in [4.78, 5) is 0. The van der Waals surface area contributed by atoms with E-state index in [-0.39, 0.29) is 0 Å². The van der Waals surface area contributed by atoms with Gasteiger partial charge in [-0.3, -0.25) is 0 Å². The van der Waals surface area contributed by atoms with Gasteiger partial charge >= 0.3 is 59.5 Å². The molecule has 34 valence electrons. The molecule has 0 aliphatic carbocycles. The Morgan fingerprint density at radius 3 is 2.33 bits per heavy atom. The Balaban J connectivity index is 2.66. The zero-order chi connectivity index (χ0) is 4.83. The first-order valence-corrected chi connectivity index (χ1v) is 4.91. The molecule has 0 rings (SSSR count). The molecule has 0 heterocycles. The van der Waals surface area contributed by atoms with E-state index in [0.717, 1.165) is 6.54 Å². The van der Waals surface area contributed by atoms with Gasteiger partial charge in [0.05, 0.1) is 0 Å². The molecule has 1 nitrogen and oxygen atoms in total. The molecule has 6 heavy (non-hydrogen) atoms. The summed E-state index contributed by atoms with van der Waals surface area (Å²) in [5, 5.41) is 3.08. The number of hydrogen-bond acceptors (Lipinski definition) is 1. The van der Waals surface area contributed by atoms with Gasteiger partial charge in [-0.15, -0.1) is 0 Å². The monoisotopic (exact) mass is 423 g/mol. The van der Waals surface area contributed by atoms with Crippen LogP contribution in [0.1, 0.15) is 0 Å². The zero-order valence-corrected chi connectivity index (χ0v) is 9.05. The fraction of sp³-hybridized carbons (Fsp3) is 0.333. The van der Waals surface area contributed by atoms with Crippen molar-refractivity contribution in [3.05, 3.63) is 0 Å². The van der Waals surface area contributed by atoms with Gasteiger partial charge in [0.25, 0.3) is 0 Å². The molecule has 0 aromatic heterocycles. The van der Waals surface area contributed by atoms with Crippen LogP contribution < -0.4 is 5.32 Å². The molecule has 3 heteroatoms. The average Bonchev–Trinajstić information content (AvgIpc) is 1.61. The summed E-state index contributed by atoms with van der Waals surface area (Å²) in [7, 11) is 0. The van der Waals surface area contributed by atoms with Gasteiger partial charge in [0.15, 0.2) is 0 Å². The Hall–Kier alpha value is 1.08. The molecule has 0 aromatic rings. The van der Waals surface area contributed by atoms with Crippen molar-refractivity contribution in [3.63, 3.8) is 0 Å². The van der Waals surface area contributed by atoms with Gasteiger partial charge in [0, 0.05) is 0 Å². The molecular formula is C3H5NW2. The summed E-state index contributed by atoms with van der Waals surface area (Å²) in [6.45, 7) is 1.04. The predicted molar refractivity (Wildman–Crippen MR) is 20.1 cm³/mol. The quantitative estimate of drug-likeness (QED) is 0.589. The van der Waals surface area contributed by atoms with Crippen molar-refractivity contribution in [2.75, 3.05) is 6.54 Å². The molecule has 0 saturated carbocycles. The molecule has 0 aliphatic heterocycles. The van der Waals surface area contributed by atoms with Crippen LogP contribution in [0.5, 0.6) is 0 Å². The molecule has 0 atom stereocenters. The Kier molecular flexibility index (Phi) is 7.17. The van der Waals surface area contributed by atoms with Crippen LogP contribution in [-0.2, 0) is 38.7 Å². The summed E-state index contributed by atoms with van der Waals surface area (Å²) in [5.41, 5.74) is 0. The standard InChI is InChI=1S/C3H5N.2W/c1-3-4-2;;/h1-2,4H,3H2;;. The van der Waals surface area contributed by atoms with Gasteiger partial charge in [-0.25, -0.2) is 0 Å². The first-order valence-electron chi connectivity index (χ1n) is 1.52. The van der Waals surface area contributed by atoms with Gasteiger partial charge in [-0.05, 0) is 0 Å².